The molecular formula is C20H23N3O3. The number of hydrogen-bond acceptors (Lipinski definition) is 4. The van der Waals surface area contributed by atoms with Crippen LogP contribution < -0.4 is 15.4 Å². The number of carbonyl (C=O) groups is 2. The highest BCUT2D eigenvalue weighted by molar-refractivity contribution is 6.00. The van der Waals surface area contributed by atoms with Crippen molar-refractivity contribution in [3.63, 3.8) is 0 Å². The maximum absolute atomic E-state index is 13.1. The smallest absolute Gasteiger partial charge is 0.256 e. The molecule has 1 atom stereocenters. The van der Waals surface area contributed by atoms with Gasteiger partial charge in [0.1, 0.15) is 5.75 Å². The number of nitrogens with zero attached hydrogens (tertiary/aromatic N) is 1. The topological polar surface area (TPSA) is 70.7 Å². The van der Waals surface area contributed by atoms with E-state index >= 15 is 0 Å². The lowest BCUT2D eigenvalue weighted by molar-refractivity contribution is -0.121. The molecule has 0 spiro atoms. The lowest BCUT2D eigenvalue weighted by Gasteiger charge is -2.27. The third-order valence-electron chi connectivity index (χ3n) is 4.48. The summed E-state index contributed by atoms with van der Waals surface area (Å²) in [5.41, 5.74) is 2.19. The molecule has 136 valence electrons. The SMILES string of the molecule is COc1ccc(Nc2ccccc2C(=O)N2CCNC(=O)CC2C)cc1. The monoisotopic (exact) mass is 353 g/mol. The molecule has 0 aliphatic carbocycles. The van der Waals surface area contributed by atoms with Crippen LogP contribution in [0.25, 0.3) is 0 Å². The maximum atomic E-state index is 13.1. The molecular weight excluding hydrogens is 330 g/mol. The van der Waals surface area contributed by atoms with Crippen LogP contribution in [0, 0.1) is 0 Å². The van der Waals surface area contributed by atoms with Gasteiger partial charge in [0.05, 0.1) is 18.4 Å². The first kappa shape index (κ1) is 17.8. The minimum absolute atomic E-state index is 0.0163. The minimum Gasteiger partial charge on any atom is -0.497 e. The maximum Gasteiger partial charge on any atom is 0.256 e. The minimum atomic E-state index is -0.140. The fourth-order valence-electron chi connectivity index (χ4n) is 3.05. The zero-order chi connectivity index (χ0) is 18.5. The third kappa shape index (κ3) is 3.96. The number of para-hydroxylation sites is 1. The van der Waals surface area contributed by atoms with Gasteiger partial charge in [0, 0.05) is 31.2 Å². The van der Waals surface area contributed by atoms with Crippen molar-refractivity contribution in [1.29, 1.82) is 0 Å². The van der Waals surface area contributed by atoms with Crippen LogP contribution in [-0.2, 0) is 4.79 Å². The summed E-state index contributed by atoms with van der Waals surface area (Å²) in [6, 6.07) is 14.8. The highest BCUT2D eigenvalue weighted by Gasteiger charge is 2.27. The van der Waals surface area contributed by atoms with Crippen molar-refractivity contribution in [3.8, 4) is 5.75 Å². The normalized spacial score (nSPS) is 17.2. The molecule has 1 unspecified atom stereocenters. The Labute approximate surface area is 153 Å². The number of rotatable bonds is 4. The van der Waals surface area contributed by atoms with Crippen LogP contribution in [0.15, 0.2) is 48.5 Å². The lowest BCUT2D eigenvalue weighted by atomic mass is 10.1. The van der Waals surface area contributed by atoms with E-state index in [9.17, 15) is 9.59 Å². The summed E-state index contributed by atoms with van der Waals surface area (Å²) >= 11 is 0. The predicted octanol–water partition coefficient (Wildman–Crippen LogP) is 2.79. The molecule has 2 N–H and O–H groups in total. The average molecular weight is 353 g/mol. The lowest BCUT2D eigenvalue weighted by Crippen LogP contribution is -2.39. The van der Waals surface area contributed by atoms with Crippen molar-refractivity contribution in [2.45, 2.75) is 19.4 Å². The zero-order valence-electron chi connectivity index (χ0n) is 15.0. The zero-order valence-corrected chi connectivity index (χ0v) is 15.0. The Balaban J connectivity index is 1.83. The van der Waals surface area contributed by atoms with Gasteiger partial charge in [0.25, 0.3) is 5.91 Å². The first-order valence-electron chi connectivity index (χ1n) is 8.66. The van der Waals surface area contributed by atoms with Crippen LogP contribution in [0.4, 0.5) is 11.4 Å². The predicted molar refractivity (Wildman–Crippen MR) is 101 cm³/mol. The Bertz CT molecular complexity index is 789. The second kappa shape index (κ2) is 7.91. The van der Waals surface area contributed by atoms with Gasteiger partial charge in [-0.2, -0.15) is 0 Å². The quantitative estimate of drug-likeness (QED) is 0.887. The number of benzene rings is 2. The van der Waals surface area contributed by atoms with E-state index in [1.807, 2.05) is 49.4 Å². The van der Waals surface area contributed by atoms with E-state index in [4.69, 9.17) is 4.74 Å². The van der Waals surface area contributed by atoms with Gasteiger partial charge in [-0.05, 0) is 43.3 Å². The van der Waals surface area contributed by atoms with Gasteiger partial charge in [-0.25, -0.2) is 0 Å². The summed E-state index contributed by atoms with van der Waals surface area (Å²) in [4.78, 5) is 26.6. The number of hydrogen-bond donors (Lipinski definition) is 2. The third-order valence-corrected chi connectivity index (χ3v) is 4.48. The Morgan fingerprint density at radius 2 is 1.92 bits per heavy atom. The summed E-state index contributed by atoms with van der Waals surface area (Å²) < 4.78 is 5.17. The summed E-state index contributed by atoms with van der Waals surface area (Å²) in [5, 5.41) is 6.11. The molecule has 0 aromatic heterocycles. The number of anilines is 2. The Morgan fingerprint density at radius 3 is 2.65 bits per heavy atom. The van der Waals surface area contributed by atoms with E-state index in [1.165, 1.54) is 0 Å². The molecule has 1 fully saturated rings. The molecule has 2 aromatic rings. The van der Waals surface area contributed by atoms with Crippen molar-refractivity contribution in [1.82, 2.24) is 10.2 Å². The Hall–Kier alpha value is -3.02. The molecule has 0 radical (unpaired) electrons. The summed E-state index contributed by atoms with van der Waals surface area (Å²) in [7, 11) is 1.62. The second-order valence-corrected chi connectivity index (χ2v) is 6.30. The van der Waals surface area contributed by atoms with E-state index < -0.39 is 0 Å². The van der Waals surface area contributed by atoms with E-state index in [1.54, 1.807) is 18.1 Å². The molecule has 1 aliphatic rings. The average Bonchev–Trinajstić information content (AvgIpc) is 2.82. The first-order chi connectivity index (χ1) is 12.6. The molecule has 2 aromatic carbocycles. The molecule has 6 nitrogen and oxygen atoms in total. The van der Waals surface area contributed by atoms with Crippen LogP contribution >= 0.6 is 0 Å². The van der Waals surface area contributed by atoms with E-state index in [0.717, 1.165) is 17.1 Å². The summed E-state index contributed by atoms with van der Waals surface area (Å²) in [6.45, 7) is 2.88. The van der Waals surface area contributed by atoms with Crippen molar-refractivity contribution < 1.29 is 14.3 Å². The van der Waals surface area contributed by atoms with Crippen molar-refractivity contribution in [2.24, 2.45) is 0 Å². The van der Waals surface area contributed by atoms with Gasteiger partial charge < -0.3 is 20.3 Å². The Morgan fingerprint density at radius 1 is 1.19 bits per heavy atom. The van der Waals surface area contributed by atoms with E-state index in [0.29, 0.717) is 25.1 Å². The summed E-state index contributed by atoms with van der Waals surface area (Å²) in [6.07, 6.45) is 0.319. The van der Waals surface area contributed by atoms with Crippen molar-refractivity contribution in [3.05, 3.63) is 54.1 Å². The van der Waals surface area contributed by atoms with Gasteiger partial charge in [-0.3, -0.25) is 9.59 Å². The van der Waals surface area contributed by atoms with Crippen LogP contribution in [0.2, 0.25) is 0 Å². The van der Waals surface area contributed by atoms with E-state index in [2.05, 4.69) is 10.6 Å². The Kier molecular flexibility index (Phi) is 5.41. The highest BCUT2D eigenvalue weighted by Crippen LogP contribution is 2.25. The van der Waals surface area contributed by atoms with Crippen LogP contribution in [-0.4, -0.2) is 43.0 Å². The number of ether oxygens (including phenoxy) is 1. The van der Waals surface area contributed by atoms with Crippen LogP contribution in [0.5, 0.6) is 5.75 Å². The van der Waals surface area contributed by atoms with Crippen molar-refractivity contribution in [2.75, 3.05) is 25.5 Å². The molecule has 0 bridgehead atoms. The molecule has 0 saturated carbocycles. The largest absolute Gasteiger partial charge is 0.497 e. The number of amides is 2. The van der Waals surface area contributed by atoms with Crippen molar-refractivity contribution >= 4 is 23.2 Å². The van der Waals surface area contributed by atoms with Gasteiger partial charge in [-0.1, -0.05) is 12.1 Å². The number of nitrogens with one attached hydrogen (secondary N) is 2. The molecule has 1 saturated heterocycles. The molecule has 1 aliphatic heterocycles. The van der Waals surface area contributed by atoms with Crippen LogP contribution in [0.1, 0.15) is 23.7 Å². The first-order valence-corrected chi connectivity index (χ1v) is 8.66. The molecule has 6 heteroatoms. The summed E-state index contributed by atoms with van der Waals surface area (Å²) in [5.74, 6) is 0.679. The molecule has 26 heavy (non-hydrogen) atoms. The number of methoxy groups -OCH3 is 1. The highest BCUT2D eigenvalue weighted by atomic mass is 16.5. The molecule has 3 rings (SSSR count). The standard InChI is InChI=1S/C20H23N3O3/c1-14-13-19(24)21-11-12-23(14)20(25)17-5-3-4-6-18(17)22-15-7-9-16(26-2)10-8-15/h3-10,14,22H,11-13H2,1-2H3,(H,21,24). The van der Waals surface area contributed by atoms with E-state index in [-0.39, 0.29) is 17.9 Å². The molecule has 2 amide bonds. The molecule has 1 heterocycles. The van der Waals surface area contributed by atoms with Gasteiger partial charge in [-0.15, -0.1) is 0 Å². The van der Waals surface area contributed by atoms with Gasteiger partial charge >= 0.3 is 0 Å². The van der Waals surface area contributed by atoms with Crippen LogP contribution in [0.3, 0.4) is 0 Å². The van der Waals surface area contributed by atoms with Gasteiger partial charge in [0.2, 0.25) is 5.91 Å². The van der Waals surface area contributed by atoms with Gasteiger partial charge in [0.15, 0.2) is 0 Å². The fraction of sp³-hybridized carbons (Fsp3) is 0.300. The number of carbonyl (C=O) groups excluding carboxylic acids is 2. The second-order valence-electron chi connectivity index (χ2n) is 6.30. The fourth-order valence-corrected chi connectivity index (χ4v) is 3.05.